The molecule has 4 nitrogen and oxygen atoms in total. The van der Waals surface area contributed by atoms with E-state index in [9.17, 15) is 18.3 Å². The Morgan fingerprint density at radius 1 is 1.00 bits per heavy atom. The first-order valence-electron chi connectivity index (χ1n) is 11.7. The van der Waals surface area contributed by atoms with Crippen LogP contribution >= 0.6 is 0 Å². The molecule has 4 unspecified atom stereocenters. The monoisotopic (exact) mass is 479 g/mol. The van der Waals surface area contributed by atoms with E-state index in [1.807, 2.05) is 11.0 Å². The number of piperidine rings is 1. The summed E-state index contributed by atoms with van der Waals surface area (Å²) in [4.78, 5) is 1.99. The summed E-state index contributed by atoms with van der Waals surface area (Å²) < 4.78 is 68.4. The number of rotatable bonds is 6. The third-order valence-electron chi connectivity index (χ3n) is 7.92. The van der Waals surface area contributed by atoms with Gasteiger partial charge < -0.3 is 14.6 Å². The molecule has 2 aromatic rings. The molecule has 2 fully saturated rings. The van der Waals surface area contributed by atoms with Crippen molar-refractivity contribution in [2.75, 3.05) is 14.2 Å². The van der Waals surface area contributed by atoms with Gasteiger partial charge in [-0.3, -0.25) is 4.90 Å². The van der Waals surface area contributed by atoms with Crippen molar-refractivity contribution < 1.29 is 32.1 Å². The fourth-order valence-electron chi connectivity index (χ4n) is 6.42. The molecule has 184 valence electrons. The van der Waals surface area contributed by atoms with E-state index in [0.29, 0.717) is 24.0 Å². The highest BCUT2D eigenvalue weighted by molar-refractivity contribution is 5.50. The van der Waals surface area contributed by atoms with Crippen molar-refractivity contribution in [2.24, 2.45) is 5.92 Å². The van der Waals surface area contributed by atoms with Crippen LogP contribution in [0.5, 0.6) is 11.5 Å². The van der Waals surface area contributed by atoms with Crippen LogP contribution in [0.15, 0.2) is 24.3 Å². The molecule has 2 saturated heterocycles. The van der Waals surface area contributed by atoms with Crippen LogP contribution in [0.1, 0.15) is 54.9 Å². The van der Waals surface area contributed by atoms with Gasteiger partial charge in [0.2, 0.25) is 0 Å². The average molecular weight is 480 g/mol. The van der Waals surface area contributed by atoms with E-state index < -0.39 is 29.2 Å². The number of halogens is 4. The van der Waals surface area contributed by atoms with E-state index in [0.717, 1.165) is 30.0 Å². The molecule has 0 saturated carbocycles. The maximum Gasteiger partial charge on any atom is 0.163 e. The Morgan fingerprint density at radius 2 is 1.65 bits per heavy atom. The summed E-state index contributed by atoms with van der Waals surface area (Å²) in [6.45, 7) is 0.0585. The van der Waals surface area contributed by atoms with Crippen LogP contribution in [-0.4, -0.2) is 42.0 Å². The number of alkyl halides is 1. The van der Waals surface area contributed by atoms with Gasteiger partial charge in [0.1, 0.15) is 11.5 Å². The maximum absolute atomic E-state index is 16.2. The molecule has 0 radical (unpaired) electrons. The first-order valence-corrected chi connectivity index (χ1v) is 11.7. The number of benzene rings is 2. The summed E-state index contributed by atoms with van der Waals surface area (Å²) >= 11 is 0. The Labute approximate surface area is 196 Å². The maximum atomic E-state index is 16.2. The zero-order valence-corrected chi connectivity index (χ0v) is 19.3. The summed E-state index contributed by atoms with van der Waals surface area (Å²) in [5.74, 6) is -2.23. The van der Waals surface area contributed by atoms with Crippen LogP contribution in [-0.2, 0) is 13.0 Å². The molecule has 0 aromatic heterocycles. The van der Waals surface area contributed by atoms with Gasteiger partial charge in [-0.05, 0) is 73.8 Å². The predicted molar refractivity (Wildman–Crippen MR) is 118 cm³/mol. The van der Waals surface area contributed by atoms with Crippen LogP contribution in [0.25, 0.3) is 0 Å². The normalized spacial score (nSPS) is 30.4. The summed E-state index contributed by atoms with van der Waals surface area (Å²) in [6, 6.07) is 4.91. The van der Waals surface area contributed by atoms with E-state index in [1.54, 1.807) is 13.2 Å². The van der Waals surface area contributed by atoms with Crippen LogP contribution in [0.3, 0.4) is 0 Å². The van der Waals surface area contributed by atoms with Gasteiger partial charge in [0.15, 0.2) is 23.1 Å². The fourth-order valence-corrected chi connectivity index (χ4v) is 6.42. The lowest BCUT2D eigenvalue weighted by Gasteiger charge is -2.43. The molecule has 0 amide bonds. The van der Waals surface area contributed by atoms with E-state index in [1.165, 1.54) is 7.11 Å². The van der Waals surface area contributed by atoms with Gasteiger partial charge in [0.05, 0.1) is 20.3 Å². The minimum atomic E-state index is -1.46. The second-order valence-corrected chi connectivity index (χ2v) is 10.00. The molecule has 5 rings (SSSR count). The summed E-state index contributed by atoms with van der Waals surface area (Å²) in [6.07, 6.45) is 2.02. The standard InChI is InChI=1S/C26H29F4NO3/c1-33-22-7-14-5-15(25(32)20(14)9-23(22)34-2)10-26(30)11-18-3-4-19(12-26)31(18)13-16-6-17(27)8-21(28)24(16)29/h6-9,15,18-19,25,32H,3-5,10-13H2,1-2H3. The number of hydrogen-bond acceptors (Lipinski definition) is 4. The Balaban J connectivity index is 1.30. The van der Waals surface area contributed by atoms with Gasteiger partial charge in [0.25, 0.3) is 0 Å². The number of nitrogens with zero attached hydrogens (tertiary/aromatic N) is 1. The topological polar surface area (TPSA) is 41.9 Å². The van der Waals surface area contributed by atoms with Gasteiger partial charge in [-0.1, -0.05) is 0 Å². The Kier molecular flexibility index (Phi) is 6.01. The molecule has 34 heavy (non-hydrogen) atoms. The van der Waals surface area contributed by atoms with Gasteiger partial charge >= 0.3 is 0 Å². The Bertz CT molecular complexity index is 1080. The lowest BCUT2D eigenvalue weighted by Crippen LogP contribution is -2.49. The molecule has 8 heteroatoms. The quantitative estimate of drug-likeness (QED) is 0.454. The number of hydrogen-bond donors (Lipinski definition) is 1. The van der Waals surface area contributed by atoms with Crippen molar-refractivity contribution in [3.8, 4) is 11.5 Å². The van der Waals surface area contributed by atoms with E-state index in [2.05, 4.69) is 0 Å². The van der Waals surface area contributed by atoms with Crippen molar-refractivity contribution in [1.82, 2.24) is 4.90 Å². The second kappa shape index (κ2) is 8.72. The Morgan fingerprint density at radius 3 is 2.29 bits per heavy atom. The zero-order valence-electron chi connectivity index (χ0n) is 19.3. The number of aliphatic hydroxyl groups is 1. The zero-order chi connectivity index (χ0) is 24.2. The van der Waals surface area contributed by atoms with Crippen LogP contribution in [0.2, 0.25) is 0 Å². The van der Waals surface area contributed by atoms with Gasteiger partial charge in [-0.15, -0.1) is 0 Å². The second-order valence-electron chi connectivity index (χ2n) is 10.00. The lowest BCUT2D eigenvalue weighted by molar-refractivity contribution is -0.0230. The lowest BCUT2D eigenvalue weighted by atomic mass is 9.79. The Hall–Kier alpha value is -2.32. The largest absolute Gasteiger partial charge is 0.493 e. The van der Waals surface area contributed by atoms with Gasteiger partial charge in [-0.2, -0.15) is 0 Å². The highest BCUT2D eigenvalue weighted by Gasteiger charge is 2.51. The molecule has 2 heterocycles. The minimum Gasteiger partial charge on any atom is -0.493 e. The van der Waals surface area contributed by atoms with Crippen molar-refractivity contribution in [3.63, 3.8) is 0 Å². The van der Waals surface area contributed by atoms with Crippen LogP contribution in [0, 0.1) is 23.4 Å². The molecule has 0 spiro atoms. The highest BCUT2D eigenvalue weighted by Crippen LogP contribution is 2.50. The molecule has 2 bridgehead atoms. The third kappa shape index (κ3) is 4.05. The first kappa shape index (κ1) is 23.4. The van der Waals surface area contributed by atoms with Gasteiger partial charge in [0, 0.05) is 30.3 Å². The molecule has 2 aromatic carbocycles. The molecule has 1 N–H and O–H groups in total. The van der Waals surface area contributed by atoms with Gasteiger partial charge in [-0.25, -0.2) is 17.6 Å². The smallest absolute Gasteiger partial charge is 0.163 e. The fraction of sp³-hybridized carbons (Fsp3) is 0.538. The summed E-state index contributed by atoms with van der Waals surface area (Å²) in [7, 11) is 3.09. The number of fused-ring (bicyclic) bond motifs is 3. The van der Waals surface area contributed by atoms with Crippen LogP contribution < -0.4 is 9.47 Å². The van der Waals surface area contributed by atoms with E-state index >= 15 is 4.39 Å². The first-order chi connectivity index (χ1) is 16.2. The number of aliphatic hydroxyl groups excluding tert-OH is 1. The minimum absolute atomic E-state index is 0.0367. The van der Waals surface area contributed by atoms with Crippen LogP contribution in [0.4, 0.5) is 17.6 Å². The third-order valence-corrected chi connectivity index (χ3v) is 7.92. The molecule has 4 atom stereocenters. The van der Waals surface area contributed by atoms with Crippen molar-refractivity contribution >= 4 is 0 Å². The van der Waals surface area contributed by atoms with Crippen molar-refractivity contribution in [3.05, 3.63) is 58.4 Å². The molecule has 3 aliphatic rings. The summed E-state index contributed by atoms with van der Waals surface area (Å²) in [5, 5.41) is 11.0. The van der Waals surface area contributed by atoms with E-state index in [4.69, 9.17) is 9.47 Å². The van der Waals surface area contributed by atoms with Crippen molar-refractivity contribution in [1.29, 1.82) is 0 Å². The van der Waals surface area contributed by atoms with Crippen molar-refractivity contribution in [2.45, 2.75) is 68.9 Å². The molecule has 1 aliphatic carbocycles. The van der Waals surface area contributed by atoms with E-state index in [-0.39, 0.29) is 49.4 Å². The highest BCUT2D eigenvalue weighted by atomic mass is 19.2. The number of methoxy groups -OCH3 is 2. The predicted octanol–water partition coefficient (Wildman–Crippen LogP) is 5.25. The molecule has 2 aliphatic heterocycles. The summed E-state index contributed by atoms with van der Waals surface area (Å²) in [5.41, 5.74) is 0.180. The molecular formula is C26H29F4NO3. The molecular weight excluding hydrogens is 450 g/mol. The average Bonchev–Trinajstić information content (AvgIpc) is 3.22. The SMILES string of the molecule is COc1cc2c(cc1OC)C(O)C(CC1(F)CC3CCC(C1)N3Cc1cc(F)cc(F)c1F)C2. The number of ether oxygens (including phenoxy) is 2.